The van der Waals surface area contributed by atoms with Crippen molar-refractivity contribution in [2.45, 2.75) is 60.5 Å². The van der Waals surface area contributed by atoms with Crippen molar-refractivity contribution in [1.29, 1.82) is 0 Å². The molecule has 0 bridgehead atoms. The van der Waals surface area contributed by atoms with Gasteiger partial charge in [-0.1, -0.05) is 71.9 Å². The highest BCUT2D eigenvalue weighted by Crippen LogP contribution is 2.00. The summed E-state index contributed by atoms with van der Waals surface area (Å²) < 4.78 is 0. The fourth-order valence-corrected chi connectivity index (χ4v) is 1.26. The summed E-state index contributed by atoms with van der Waals surface area (Å²) >= 11 is 0. The van der Waals surface area contributed by atoms with Crippen molar-refractivity contribution in [2.75, 3.05) is 0 Å². The molecule has 1 atom stereocenters. The molecule has 5 nitrogen and oxygen atoms in total. The van der Waals surface area contributed by atoms with Gasteiger partial charge in [-0.3, -0.25) is 14.9 Å². The second kappa shape index (κ2) is 19.1. The maximum atomic E-state index is 10.7. The molecule has 1 unspecified atom stereocenters. The van der Waals surface area contributed by atoms with Gasteiger partial charge in [0.05, 0.1) is 6.42 Å². The molecular weight excluding hydrogens is 282 g/mol. The molecule has 0 heterocycles. The Labute approximate surface area is 134 Å². The summed E-state index contributed by atoms with van der Waals surface area (Å²) in [5.41, 5.74) is 0.916. The molecule has 1 aromatic rings. The molecule has 5 heteroatoms. The maximum Gasteiger partial charge on any atom is 0.321 e. The molecule has 0 saturated carbocycles. The van der Waals surface area contributed by atoms with E-state index in [1.807, 2.05) is 71.9 Å². The van der Waals surface area contributed by atoms with Crippen molar-refractivity contribution in [3.8, 4) is 0 Å². The smallest absolute Gasteiger partial charge is 0.321 e. The molecule has 0 saturated heterocycles. The number of benzene rings is 1. The van der Waals surface area contributed by atoms with Crippen LogP contribution in [0.15, 0.2) is 30.3 Å². The molecule has 0 aliphatic rings. The zero-order valence-corrected chi connectivity index (χ0v) is 14.6. The predicted octanol–water partition coefficient (Wildman–Crippen LogP) is 3.78. The van der Waals surface area contributed by atoms with Crippen molar-refractivity contribution in [1.82, 2.24) is 5.32 Å². The Balaban J connectivity index is -0.000000535. The van der Waals surface area contributed by atoms with E-state index in [2.05, 4.69) is 5.32 Å². The Morgan fingerprint density at radius 3 is 1.77 bits per heavy atom. The van der Waals surface area contributed by atoms with Crippen molar-refractivity contribution < 1.29 is 19.8 Å². The number of rotatable bonds is 6. The molecule has 0 fully saturated rings. The van der Waals surface area contributed by atoms with E-state index < -0.39 is 24.4 Å². The number of hydrogen-bond donors (Lipinski definition) is 3. The van der Waals surface area contributed by atoms with E-state index in [-0.39, 0.29) is 0 Å². The third-order valence-electron chi connectivity index (χ3n) is 2.07. The van der Waals surface area contributed by atoms with Gasteiger partial charge in [0.2, 0.25) is 0 Å². The van der Waals surface area contributed by atoms with Gasteiger partial charge in [-0.15, -0.1) is 0 Å². The summed E-state index contributed by atoms with van der Waals surface area (Å²) in [6.07, 6.45) is -0.428. The highest BCUT2D eigenvalue weighted by Gasteiger charge is 2.19. The van der Waals surface area contributed by atoms with Gasteiger partial charge in [0.25, 0.3) is 0 Å². The molecule has 1 rings (SSSR count). The lowest BCUT2D eigenvalue weighted by atomic mass is 10.1. The van der Waals surface area contributed by atoms with Gasteiger partial charge >= 0.3 is 11.9 Å². The first kappa shape index (κ1) is 25.1. The van der Waals surface area contributed by atoms with Crippen LogP contribution in [0.1, 0.15) is 53.5 Å². The fourth-order valence-electron chi connectivity index (χ4n) is 1.26. The van der Waals surface area contributed by atoms with Gasteiger partial charge in [-0.05, 0) is 5.56 Å². The summed E-state index contributed by atoms with van der Waals surface area (Å²) in [4.78, 5) is 21.2. The topological polar surface area (TPSA) is 86.6 Å². The number of carboxylic acid groups (broad SMARTS) is 2. The summed E-state index contributed by atoms with van der Waals surface area (Å²) in [5.74, 6) is -2.29. The van der Waals surface area contributed by atoms with Crippen LogP contribution in [0.2, 0.25) is 0 Å². The molecule has 0 spiro atoms. The average molecular weight is 313 g/mol. The van der Waals surface area contributed by atoms with E-state index in [0.29, 0.717) is 6.54 Å². The SMILES string of the molecule is CC.CC.CC.O=C(O)CC(NCc1ccccc1)C(=O)O. The Morgan fingerprint density at radius 2 is 1.41 bits per heavy atom. The highest BCUT2D eigenvalue weighted by atomic mass is 16.4. The molecule has 0 aromatic heterocycles. The second-order valence-corrected chi connectivity index (χ2v) is 3.36. The van der Waals surface area contributed by atoms with Crippen LogP contribution in [0.5, 0.6) is 0 Å². The largest absolute Gasteiger partial charge is 0.481 e. The van der Waals surface area contributed by atoms with E-state index in [1.165, 1.54) is 0 Å². The summed E-state index contributed by atoms with van der Waals surface area (Å²) in [6.45, 7) is 12.3. The first-order valence-electron chi connectivity index (χ1n) is 7.81. The van der Waals surface area contributed by atoms with Gasteiger partial charge in [0.15, 0.2) is 0 Å². The summed E-state index contributed by atoms with van der Waals surface area (Å²) in [5, 5.41) is 20.0. The monoisotopic (exact) mass is 313 g/mol. The lowest BCUT2D eigenvalue weighted by Gasteiger charge is -2.11. The van der Waals surface area contributed by atoms with Gasteiger partial charge < -0.3 is 10.2 Å². The average Bonchev–Trinajstić information content (AvgIpc) is 2.57. The third-order valence-corrected chi connectivity index (χ3v) is 2.07. The van der Waals surface area contributed by atoms with Gasteiger partial charge in [-0.25, -0.2) is 0 Å². The minimum absolute atomic E-state index is 0.338. The minimum Gasteiger partial charge on any atom is -0.481 e. The predicted molar refractivity (Wildman–Crippen MR) is 91.0 cm³/mol. The lowest BCUT2D eigenvalue weighted by molar-refractivity contribution is -0.146. The number of aliphatic carboxylic acids is 2. The van der Waals surface area contributed by atoms with Gasteiger partial charge in [0, 0.05) is 6.54 Å². The standard InChI is InChI=1S/C11H13NO4.3C2H6/c13-10(14)6-9(11(15)16)12-7-8-4-2-1-3-5-8;3*1-2/h1-5,9,12H,6-7H2,(H,13,14)(H,15,16);3*1-2H3. The van der Waals surface area contributed by atoms with Gasteiger partial charge in [-0.2, -0.15) is 0 Å². The van der Waals surface area contributed by atoms with Crippen LogP contribution >= 0.6 is 0 Å². The number of carboxylic acids is 2. The molecule has 0 amide bonds. The summed E-state index contributed by atoms with van der Waals surface area (Å²) in [7, 11) is 0. The van der Waals surface area contributed by atoms with Crippen molar-refractivity contribution in [3.05, 3.63) is 35.9 Å². The minimum atomic E-state index is -1.15. The molecule has 1 aromatic carbocycles. The van der Waals surface area contributed by atoms with Crippen LogP contribution in [0, 0.1) is 0 Å². The number of hydrogen-bond acceptors (Lipinski definition) is 3. The van der Waals surface area contributed by atoms with Crippen LogP contribution in [-0.2, 0) is 16.1 Å². The highest BCUT2D eigenvalue weighted by molar-refractivity contribution is 5.80. The van der Waals surface area contributed by atoms with Crippen LogP contribution < -0.4 is 5.32 Å². The maximum absolute atomic E-state index is 10.7. The summed E-state index contributed by atoms with van der Waals surface area (Å²) in [6, 6.07) is 8.15. The molecule has 128 valence electrons. The second-order valence-electron chi connectivity index (χ2n) is 3.36. The van der Waals surface area contributed by atoms with E-state index in [9.17, 15) is 9.59 Å². The van der Waals surface area contributed by atoms with E-state index >= 15 is 0 Å². The molecular formula is C17H31NO4. The van der Waals surface area contributed by atoms with Crippen molar-refractivity contribution in [2.24, 2.45) is 0 Å². The fraction of sp³-hybridized carbons (Fsp3) is 0.529. The van der Waals surface area contributed by atoms with Crippen molar-refractivity contribution in [3.63, 3.8) is 0 Å². The van der Waals surface area contributed by atoms with E-state index in [4.69, 9.17) is 10.2 Å². The quantitative estimate of drug-likeness (QED) is 0.744. The Hall–Kier alpha value is -1.88. The Morgan fingerprint density at radius 1 is 0.955 bits per heavy atom. The third kappa shape index (κ3) is 14.5. The molecule has 0 radical (unpaired) electrons. The Bertz CT molecular complexity index is 366. The Kier molecular flexibility index (Phi) is 21.8. The number of carbonyl (C=O) groups is 2. The van der Waals surface area contributed by atoms with Crippen LogP contribution in [-0.4, -0.2) is 28.2 Å². The zero-order valence-electron chi connectivity index (χ0n) is 14.6. The molecule has 22 heavy (non-hydrogen) atoms. The van der Waals surface area contributed by atoms with Crippen LogP contribution in [0.4, 0.5) is 0 Å². The van der Waals surface area contributed by atoms with Crippen LogP contribution in [0.25, 0.3) is 0 Å². The van der Waals surface area contributed by atoms with Crippen molar-refractivity contribution >= 4 is 11.9 Å². The van der Waals surface area contributed by atoms with E-state index in [0.717, 1.165) is 5.56 Å². The van der Waals surface area contributed by atoms with Gasteiger partial charge in [0.1, 0.15) is 6.04 Å². The molecule has 3 N–H and O–H groups in total. The van der Waals surface area contributed by atoms with E-state index in [1.54, 1.807) is 0 Å². The lowest BCUT2D eigenvalue weighted by Crippen LogP contribution is -2.38. The molecule has 0 aliphatic carbocycles. The molecule has 0 aliphatic heterocycles. The number of nitrogens with one attached hydrogen (secondary N) is 1. The normalized spacial score (nSPS) is 9.55. The van der Waals surface area contributed by atoms with Crippen LogP contribution in [0.3, 0.4) is 0 Å². The zero-order chi connectivity index (χ0) is 18.0. The first-order chi connectivity index (χ1) is 10.6. The first-order valence-corrected chi connectivity index (χ1v) is 7.81.